The summed E-state index contributed by atoms with van der Waals surface area (Å²) in [5.41, 5.74) is 0. The van der Waals surface area contributed by atoms with Crippen LogP contribution in [-0.4, -0.2) is 36.8 Å². The van der Waals surface area contributed by atoms with Crippen molar-refractivity contribution in [1.29, 1.82) is 0 Å². The fourth-order valence-corrected chi connectivity index (χ4v) is 1.23. The maximum absolute atomic E-state index is 4.95. The molecule has 5 heteroatoms. The van der Waals surface area contributed by atoms with Crippen molar-refractivity contribution in [3.63, 3.8) is 0 Å². The molecule has 0 aliphatic rings. The third-order valence-corrected chi connectivity index (χ3v) is 2.12. The van der Waals surface area contributed by atoms with Gasteiger partial charge in [-0.2, -0.15) is 0 Å². The molecular formula is C11H20N4O. The fraction of sp³-hybridized carbons (Fsp3) is 0.636. The normalized spacial score (nSPS) is 10.1. The third kappa shape index (κ3) is 4.93. The molecule has 0 fully saturated rings. The predicted molar refractivity (Wildman–Crippen MR) is 65.8 cm³/mol. The van der Waals surface area contributed by atoms with E-state index in [2.05, 4.69) is 27.5 Å². The second-order valence-electron chi connectivity index (χ2n) is 3.49. The molecule has 1 heterocycles. The first-order valence-electron chi connectivity index (χ1n) is 5.65. The van der Waals surface area contributed by atoms with Gasteiger partial charge in [0.15, 0.2) is 0 Å². The van der Waals surface area contributed by atoms with E-state index in [1.54, 1.807) is 13.4 Å². The molecule has 0 amide bonds. The van der Waals surface area contributed by atoms with E-state index in [1.165, 1.54) is 6.42 Å². The molecule has 0 spiro atoms. The number of hydrogen-bond donors (Lipinski definition) is 2. The van der Waals surface area contributed by atoms with Gasteiger partial charge in [0.1, 0.15) is 18.0 Å². The van der Waals surface area contributed by atoms with Gasteiger partial charge in [0.05, 0.1) is 6.61 Å². The Bertz CT molecular complexity index is 268. The van der Waals surface area contributed by atoms with Gasteiger partial charge in [-0.1, -0.05) is 13.3 Å². The fourth-order valence-electron chi connectivity index (χ4n) is 1.23. The zero-order valence-electron chi connectivity index (χ0n) is 9.99. The largest absolute Gasteiger partial charge is 0.383 e. The standard InChI is InChI=1S/C11H20N4O/c1-3-4-5-12-10-8-11(15-9-14-10)13-6-7-16-2/h8-9H,3-7H2,1-2H3,(H2,12,13,14,15). The van der Waals surface area contributed by atoms with Crippen LogP contribution in [0, 0.1) is 0 Å². The molecule has 2 N–H and O–H groups in total. The van der Waals surface area contributed by atoms with E-state index < -0.39 is 0 Å². The molecule has 1 rings (SSSR count). The molecule has 0 saturated heterocycles. The highest BCUT2D eigenvalue weighted by molar-refractivity contribution is 5.46. The molecule has 0 bridgehead atoms. The van der Waals surface area contributed by atoms with Gasteiger partial charge >= 0.3 is 0 Å². The Kier molecular flexibility index (Phi) is 6.25. The van der Waals surface area contributed by atoms with Gasteiger partial charge in [-0.15, -0.1) is 0 Å². The molecule has 1 aromatic heterocycles. The smallest absolute Gasteiger partial charge is 0.131 e. The number of hydrogen-bond acceptors (Lipinski definition) is 5. The summed E-state index contributed by atoms with van der Waals surface area (Å²) in [6.45, 7) is 4.54. The molecule has 0 aliphatic carbocycles. The van der Waals surface area contributed by atoms with Crippen molar-refractivity contribution in [1.82, 2.24) is 9.97 Å². The zero-order valence-corrected chi connectivity index (χ0v) is 9.99. The van der Waals surface area contributed by atoms with Crippen LogP contribution in [0.4, 0.5) is 11.6 Å². The van der Waals surface area contributed by atoms with Crippen LogP contribution < -0.4 is 10.6 Å². The van der Waals surface area contributed by atoms with Crippen molar-refractivity contribution in [2.75, 3.05) is 37.4 Å². The van der Waals surface area contributed by atoms with Gasteiger partial charge in [-0.25, -0.2) is 9.97 Å². The SMILES string of the molecule is CCCCNc1cc(NCCOC)ncn1. The number of unbranched alkanes of at least 4 members (excludes halogenated alkanes) is 1. The zero-order chi connectivity index (χ0) is 11.6. The van der Waals surface area contributed by atoms with Gasteiger partial charge < -0.3 is 15.4 Å². The summed E-state index contributed by atoms with van der Waals surface area (Å²) in [7, 11) is 1.68. The average molecular weight is 224 g/mol. The lowest BCUT2D eigenvalue weighted by Gasteiger charge is -2.07. The van der Waals surface area contributed by atoms with Gasteiger partial charge in [-0.3, -0.25) is 0 Å². The summed E-state index contributed by atoms with van der Waals surface area (Å²) in [5, 5.41) is 6.41. The lowest BCUT2D eigenvalue weighted by molar-refractivity contribution is 0.210. The molecule has 90 valence electrons. The van der Waals surface area contributed by atoms with Gasteiger partial charge in [0, 0.05) is 26.3 Å². The predicted octanol–water partition coefficient (Wildman–Crippen LogP) is 1.75. The Morgan fingerprint density at radius 1 is 1.19 bits per heavy atom. The lowest BCUT2D eigenvalue weighted by atomic mass is 10.3. The molecule has 0 aromatic carbocycles. The van der Waals surface area contributed by atoms with Crippen LogP contribution in [-0.2, 0) is 4.74 Å². The Morgan fingerprint density at radius 2 is 1.88 bits per heavy atom. The minimum absolute atomic E-state index is 0.669. The van der Waals surface area contributed by atoms with Crippen molar-refractivity contribution in [2.45, 2.75) is 19.8 Å². The van der Waals surface area contributed by atoms with Gasteiger partial charge in [0.25, 0.3) is 0 Å². The van der Waals surface area contributed by atoms with Gasteiger partial charge in [-0.05, 0) is 6.42 Å². The summed E-state index contributed by atoms with van der Waals surface area (Å²) in [6, 6.07) is 1.91. The number of nitrogens with one attached hydrogen (secondary N) is 2. The molecular weight excluding hydrogens is 204 g/mol. The van der Waals surface area contributed by atoms with E-state index in [4.69, 9.17) is 4.74 Å². The Balaban J connectivity index is 2.37. The Morgan fingerprint density at radius 3 is 2.50 bits per heavy atom. The van der Waals surface area contributed by atoms with E-state index in [0.29, 0.717) is 6.61 Å². The van der Waals surface area contributed by atoms with E-state index >= 15 is 0 Å². The van der Waals surface area contributed by atoms with E-state index in [0.717, 1.165) is 31.1 Å². The number of rotatable bonds is 8. The molecule has 0 radical (unpaired) electrons. The summed E-state index contributed by atoms with van der Waals surface area (Å²) >= 11 is 0. The first-order chi connectivity index (χ1) is 7.86. The van der Waals surface area contributed by atoms with Gasteiger partial charge in [0.2, 0.25) is 0 Å². The van der Waals surface area contributed by atoms with E-state index in [-0.39, 0.29) is 0 Å². The van der Waals surface area contributed by atoms with Crippen LogP contribution in [0.3, 0.4) is 0 Å². The summed E-state index contributed by atoms with van der Waals surface area (Å²) < 4.78 is 4.95. The maximum Gasteiger partial charge on any atom is 0.131 e. The van der Waals surface area contributed by atoms with Crippen LogP contribution in [0.1, 0.15) is 19.8 Å². The molecule has 5 nitrogen and oxygen atoms in total. The lowest BCUT2D eigenvalue weighted by Crippen LogP contribution is -2.10. The minimum Gasteiger partial charge on any atom is -0.383 e. The Hall–Kier alpha value is -1.36. The van der Waals surface area contributed by atoms with Crippen molar-refractivity contribution in [2.24, 2.45) is 0 Å². The second-order valence-corrected chi connectivity index (χ2v) is 3.49. The second kappa shape index (κ2) is 7.87. The summed E-state index contributed by atoms with van der Waals surface area (Å²) in [6.07, 6.45) is 3.89. The summed E-state index contributed by atoms with van der Waals surface area (Å²) in [5.74, 6) is 1.69. The molecule has 0 unspecified atom stereocenters. The third-order valence-electron chi connectivity index (χ3n) is 2.12. The van der Waals surface area contributed by atoms with Crippen molar-refractivity contribution in [3.8, 4) is 0 Å². The average Bonchev–Trinajstić information content (AvgIpc) is 2.30. The van der Waals surface area contributed by atoms with Crippen LogP contribution in [0.15, 0.2) is 12.4 Å². The molecule has 0 aliphatic heterocycles. The highest BCUT2D eigenvalue weighted by atomic mass is 16.5. The quantitative estimate of drug-likeness (QED) is 0.659. The van der Waals surface area contributed by atoms with Crippen LogP contribution in [0.5, 0.6) is 0 Å². The number of ether oxygens (including phenoxy) is 1. The number of aromatic nitrogens is 2. The summed E-state index contributed by atoms with van der Waals surface area (Å²) in [4.78, 5) is 8.27. The minimum atomic E-state index is 0.669. The maximum atomic E-state index is 4.95. The van der Waals surface area contributed by atoms with E-state index in [9.17, 15) is 0 Å². The van der Waals surface area contributed by atoms with Crippen LogP contribution >= 0.6 is 0 Å². The van der Waals surface area contributed by atoms with Crippen LogP contribution in [0.25, 0.3) is 0 Å². The first kappa shape index (κ1) is 12.7. The molecule has 0 atom stereocenters. The molecule has 16 heavy (non-hydrogen) atoms. The Labute approximate surface area is 96.6 Å². The van der Waals surface area contributed by atoms with Crippen LogP contribution in [0.2, 0.25) is 0 Å². The van der Waals surface area contributed by atoms with E-state index in [1.807, 2.05) is 6.07 Å². The number of nitrogens with zero attached hydrogens (tertiary/aromatic N) is 2. The molecule has 1 aromatic rings. The van der Waals surface area contributed by atoms with Crippen molar-refractivity contribution >= 4 is 11.6 Å². The van der Waals surface area contributed by atoms with Crippen molar-refractivity contribution < 1.29 is 4.74 Å². The highest BCUT2D eigenvalue weighted by Crippen LogP contribution is 2.08. The van der Waals surface area contributed by atoms with Crippen molar-refractivity contribution in [3.05, 3.63) is 12.4 Å². The first-order valence-corrected chi connectivity index (χ1v) is 5.65. The number of anilines is 2. The topological polar surface area (TPSA) is 59.1 Å². The monoisotopic (exact) mass is 224 g/mol. The highest BCUT2D eigenvalue weighted by Gasteiger charge is 1.97. The molecule has 0 saturated carbocycles. The number of methoxy groups -OCH3 is 1.